The molecule has 0 amide bonds. The molecule has 2 aromatic rings. The third-order valence-corrected chi connectivity index (χ3v) is 5.22. The number of aromatic carboxylic acids is 2. The normalized spacial score (nSPS) is 10.4. The first-order chi connectivity index (χ1) is 7.99. The predicted molar refractivity (Wildman–Crippen MR) is 69.3 cm³/mol. The lowest BCUT2D eigenvalue weighted by Crippen LogP contribution is -1.91. The average molecular weight is 333 g/mol. The number of carboxylic acid groups (broad SMARTS) is 2. The third kappa shape index (κ3) is 2.41. The van der Waals surface area contributed by atoms with Gasteiger partial charge in [0.25, 0.3) is 0 Å². The molecule has 7 heteroatoms. The van der Waals surface area contributed by atoms with E-state index in [0.29, 0.717) is 4.47 Å². The molecule has 0 aliphatic heterocycles. The molecule has 2 N–H and O–H groups in total. The summed E-state index contributed by atoms with van der Waals surface area (Å²) in [7, 11) is 0. The van der Waals surface area contributed by atoms with Crippen LogP contribution in [-0.4, -0.2) is 22.2 Å². The molecule has 0 saturated heterocycles. The van der Waals surface area contributed by atoms with Gasteiger partial charge in [0.05, 0.1) is 0 Å². The molecule has 0 atom stereocenters. The van der Waals surface area contributed by atoms with E-state index in [9.17, 15) is 9.59 Å². The quantitative estimate of drug-likeness (QED) is 0.899. The summed E-state index contributed by atoms with van der Waals surface area (Å²) in [6.07, 6.45) is 0. The fraction of sp³-hybridized carbons (Fsp3) is 0. The summed E-state index contributed by atoms with van der Waals surface area (Å²) in [5.74, 6) is -1.97. The van der Waals surface area contributed by atoms with Gasteiger partial charge in [0, 0.05) is 14.2 Å². The number of hydrogen-bond donors (Lipinski definition) is 2. The van der Waals surface area contributed by atoms with Crippen LogP contribution in [0.4, 0.5) is 0 Å². The maximum absolute atomic E-state index is 10.9. The molecule has 0 bridgehead atoms. The van der Waals surface area contributed by atoms with Gasteiger partial charge in [-0.3, -0.25) is 0 Å². The highest BCUT2D eigenvalue weighted by Gasteiger charge is 2.16. The van der Waals surface area contributed by atoms with Crippen molar-refractivity contribution in [2.45, 2.75) is 0 Å². The third-order valence-electron chi connectivity index (χ3n) is 1.94. The fourth-order valence-corrected chi connectivity index (χ4v) is 3.83. The van der Waals surface area contributed by atoms with Gasteiger partial charge < -0.3 is 10.2 Å². The number of hydrogen-bond acceptors (Lipinski definition) is 4. The first-order valence-electron chi connectivity index (χ1n) is 4.35. The summed E-state index contributed by atoms with van der Waals surface area (Å²) in [5.41, 5.74) is 0. The lowest BCUT2D eigenvalue weighted by molar-refractivity contribution is 0.0690. The molecule has 0 radical (unpaired) electrons. The van der Waals surface area contributed by atoms with E-state index in [4.69, 9.17) is 10.2 Å². The van der Waals surface area contributed by atoms with Gasteiger partial charge in [-0.15, -0.1) is 22.7 Å². The van der Waals surface area contributed by atoms with Gasteiger partial charge in [-0.05, 0) is 34.1 Å². The lowest BCUT2D eigenvalue weighted by atomic mass is 10.3. The minimum atomic E-state index is -0.997. The molecule has 0 fully saturated rings. The van der Waals surface area contributed by atoms with Crippen LogP contribution in [0.1, 0.15) is 19.3 Å². The zero-order valence-corrected chi connectivity index (χ0v) is 11.4. The van der Waals surface area contributed by atoms with Gasteiger partial charge >= 0.3 is 11.9 Å². The predicted octanol–water partition coefficient (Wildman–Crippen LogP) is 3.64. The van der Waals surface area contributed by atoms with Crippen LogP contribution in [-0.2, 0) is 0 Å². The second kappa shape index (κ2) is 4.59. The van der Waals surface area contributed by atoms with Gasteiger partial charge in [0.2, 0.25) is 0 Å². The summed E-state index contributed by atoms with van der Waals surface area (Å²) in [6.45, 7) is 0. The summed E-state index contributed by atoms with van der Waals surface area (Å²) < 4.78 is 0.510. The van der Waals surface area contributed by atoms with Crippen molar-refractivity contribution < 1.29 is 19.8 Å². The van der Waals surface area contributed by atoms with Crippen LogP contribution in [0.15, 0.2) is 22.7 Å². The molecular formula is C10H5BrO4S2. The summed E-state index contributed by atoms with van der Waals surface area (Å²) in [6, 6.07) is 4.88. The maximum atomic E-state index is 10.9. The second-order valence-corrected chi connectivity index (χ2v) is 6.05. The van der Waals surface area contributed by atoms with Crippen molar-refractivity contribution in [2.75, 3.05) is 0 Å². The van der Waals surface area contributed by atoms with E-state index in [1.54, 1.807) is 12.1 Å². The summed E-state index contributed by atoms with van der Waals surface area (Å²) >= 11 is 5.41. The Bertz CT molecular complexity index is 599. The molecule has 0 aliphatic carbocycles. The Labute approximate surface area is 112 Å². The van der Waals surface area contributed by atoms with E-state index in [0.717, 1.165) is 32.4 Å². The van der Waals surface area contributed by atoms with Crippen LogP contribution in [0, 0.1) is 0 Å². The summed E-state index contributed by atoms with van der Waals surface area (Å²) in [4.78, 5) is 23.5. The maximum Gasteiger partial charge on any atom is 0.347 e. The Hall–Kier alpha value is -1.18. The summed E-state index contributed by atoms with van der Waals surface area (Å²) in [5, 5.41) is 17.7. The molecule has 0 aliphatic rings. The molecular weight excluding hydrogens is 328 g/mol. The largest absolute Gasteiger partial charge is 0.477 e. The van der Waals surface area contributed by atoms with Crippen molar-refractivity contribution in [2.24, 2.45) is 0 Å². The monoisotopic (exact) mass is 332 g/mol. The topological polar surface area (TPSA) is 74.6 Å². The molecule has 0 unspecified atom stereocenters. The van der Waals surface area contributed by atoms with Crippen molar-refractivity contribution >= 4 is 50.5 Å². The van der Waals surface area contributed by atoms with Gasteiger partial charge in [0.15, 0.2) is 0 Å². The smallest absolute Gasteiger partial charge is 0.347 e. The molecule has 0 aromatic carbocycles. The van der Waals surface area contributed by atoms with Gasteiger partial charge in [0.1, 0.15) is 9.75 Å². The fourth-order valence-electron chi connectivity index (χ4n) is 1.22. The van der Waals surface area contributed by atoms with Crippen LogP contribution in [0.3, 0.4) is 0 Å². The molecule has 0 saturated carbocycles. The van der Waals surface area contributed by atoms with Crippen LogP contribution in [0.25, 0.3) is 9.75 Å². The van der Waals surface area contributed by atoms with Gasteiger partial charge in [-0.2, -0.15) is 0 Å². The number of carbonyl (C=O) groups is 2. The minimum Gasteiger partial charge on any atom is -0.477 e. The van der Waals surface area contributed by atoms with Crippen molar-refractivity contribution in [3.8, 4) is 9.75 Å². The molecule has 2 aromatic heterocycles. The van der Waals surface area contributed by atoms with Gasteiger partial charge in [-0.25, -0.2) is 9.59 Å². The Morgan fingerprint density at radius 3 is 2.24 bits per heavy atom. The first kappa shape index (κ1) is 12.3. The second-order valence-electron chi connectivity index (χ2n) is 3.06. The van der Waals surface area contributed by atoms with Crippen molar-refractivity contribution in [1.29, 1.82) is 0 Å². The Kier molecular flexibility index (Phi) is 3.32. The number of rotatable bonds is 3. The number of thiophene rings is 2. The van der Waals surface area contributed by atoms with Crippen molar-refractivity contribution in [1.82, 2.24) is 0 Å². The highest BCUT2D eigenvalue weighted by atomic mass is 79.9. The zero-order chi connectivity index (χ0) is 12.6. The minimum absolute atomic E-state index is 0.213. The van der Waals surface area contributed by atoms with E-state index in [-0.39, 0.29) is 9.75 Å². The molecule has 4 nitrogen and oxygen atoms in total. The van der Waals surface area contributed by atoms with Crippen LogP contribution in [0.2, 0.25) is 0 Å². The molecule has 2 rings (SSSR count). The highest BCUT2D eigenvalue weighted by molar-refractivity contribution is 9.10. The van der Waals surface area contributed by atoms with Crippen molar-refractivity contribution in [3.05, 3.63) is 32.4 Å². The molecule has 88 valence electrons. The van der Waals surface area contributed by atoms with E-state index >= 15 is 0 Å². The average Bonchev–Trinajstić information content (AvgIpc) is 2.82. The van der Waals surface area contributed by atoms with Crippen LogP contribution >= 0.6 is 38.6 Å². The Morgan fingerprint density at radius 1 is 1.06 bits per heavy atom. The number of halogens is 1. The highest BCUT2D eigenvalue weighted by Crippen LogP contribution is 2.37. The van der Waals surface area contributed by atoms with Crippen LogP contribution in [0.5, 0.6) is 0 Å². The molecule has 0 spiro atoms. The first-order valence-corrected chi connectivity index (χ1v) is 6.77. The number of carboxylic acids is 2. The van der Waals surface area contributed by atoms with Crippen molar-refractivity contribution in [3.63, 3.8) is 0 Å². The van der Waals surface area contributed by atoms with Gasteiger partial charge in [-0.1, -0.05) is 0 Å². The molecule has 17 heavy (non-hydrogen) atoms. The van der Waals surface area contributed by atoms with E-state index in [2.05, 4.69) is 15.9 Å². The Morgan fingerprint density at radius 2 is 1.76 bits per heavy atom. The van der Waals surface area contributed by atoms with E-state index in [1.165, 1.54) is 6.07 Å². The zero-order valence-electron chi connectivity index (χ0n) is 8.14. The standard InChI is InChI=1S/C10H5BrO4S2/c11-4-3-7(17-8(4)10(14)15)5-1-2-6(16-5)9(12)13/h1-3H,(H,12,13)(H,14,15). The van der Waals surface area contributed by atoms with Crippen LogP contribution < -0.4 is 0 Å². The lowest BCUT2D eigenvalue weighted by Gasteiger charge is -1.88. The van der Waals surface area contributed by atoms with E-state index < -0.39 is 11.9 Å². The Balaban J connectivity index is 2.42. The molecule has 2 heterocycles. The SMILES string of the molecule is O=C(O)c1ccc(-c2cc(Br)c(C(=O)O)s2)s1. The van der Waals surface area contributed by atoms with E-state index in [1.807, 2.05) is 0 Å².